The van der Waals surface area contributed by atoms with E-state index in [9.17, 15) is 0 Å². The molecule has 1 aliphatic heterocycles. The topological polar surface area (TPSA) is 35.5 Å². The third-order valence-electron chi connectivity index (χ3n) is 4.11. The number of likely N-dealkylation sites (tertiary alicyclic amines) is 1. The number of nitrogens with zero attached hydrogens (tertiary/aromatic N) is 1. The molecule has 4 unspecified atom stereocenters. The predicted molar refractivity (Wildman–Crippen MR) is 68.5 cm³/mol. The third-order valence-corrected chi connectivity index (χ3v) is 4.11. The van der Waals surface area contributed by atoms with Gasteiger partial charge in [0, 0.05) is 25.2 Å². The molecule has 0 aromatic rings. The van der Waals surface area contributed by atoms with Gasteiger partial charge in [0.25, 0.3) is 0 Å². The molecule has 0 aromatic carbocycles. The zero-order valence-electron chi connectivity index (χ0n) is 11.2. The number of aliphatic hydroxyl groups excluding tert-OH is 1. The molecule has 96 valence electrons. The van der Waals surface area contributed by atoms with E-state index in [1.54, 1.807) is 0 Å². The predicted octanol–water partition coefficient (Wildman–Crippen LogP) is 1.32. The van der Waals surface area contributed by atoms with Crippen LogP contribution in [0.1, 0.15) is 33.6 Å². The average molecular weight is 228 g/mol. The molecule has 0 radical (unpaired) electrons. The van der Waals surface area contributed by atoms with Crippen LogP contribution in [0.15, 0.2) is 0 Å². The molecule has 0 spiro atoms. The number of hydrogen-bond acceptors (Lipinski definition) is 3. The highest BCUT2D eigenvalue weighted by Gasteiger charge is 2.28. The number of hydrogen-bond donors (Lipinski definition) is 2. The van der Waals surface area contributed by atoms with Gasteiger partial charge in [0.1, 0.15) is 0 Å². The molecule has 16 heavy (non-hydrogen) atoms. The van der Waals surface area contributed by atoms with Gasteiger partial charge in [0.2, 0.25) is 0 Å². The average Bonchev–Trinajstić information content (AvgIpc) is 2.26. The van der Waals surface area contributed by atoms with Crippen molar-refractivity contribution in [3.05, 3.63) is 0 Å². The van der Waals surface area contributed by atoms with Gasteiger partial charge in [-0.2, -0.15) is 0 Å². The van der Waals surface area contributed by atoms with Crippen LogP contribution < -0.4 is 5.32 Å². The zero-order valence-corrected chi connectivity index (χ0v) is 11.2. The molecule has 3 heteroatoms. The first kappa shape index (κ1) is 13.9. The van der Waals surface area contributed by atoms with Crippen molar-refractivity contribution in [1.29, 1.82) is 0 Å². The highest BCUT2D eigenvalue weighted by molar-refractivity contribution is 4.82. The molecule has 0 aromatic heterocycles. The zero-order chi connectivity index (χ0) is 12.1. The SMILES string of the molecule is CNC(CO)CCN1CC(C)CC(C)C1C. The summed E-state index contributed by atoms with van der Waals surface area (Å²) in [6.07, 6.45) is 2.39. The van der Waals surface area contributed by atoms with Crippen LogP contribution in [0.3, 0.4) is 0 Å². The lowest BCUT2D eigenvalue weighted by atomic mass is 9.86. The summed E-state index contributed by atoms with van der Waals surface area (Å²) in [5, 5.41) is 12.3. The summed E-state index contributed by atoms with van der Waals surface area (Å²) >= 11 is 0. The van der Waals surface area contributed by atoms with Gasteiger partial charge in [-0.3, -0.25) is 0 Å². The van der Waals surface area contributed by atoms with Crippen molar-refractivity contribution < 1.29 is 5.11 Å². The van der Waals surface area contributed by atoms with Gasteiger partial charge in [-0.1, -0.05) is 13.8 Å². The quantitative estimate of drug-likeness (QED) is 0.745. The molecule has 1 aliphatic rings. The highest BCUT2D eigenvalue weighted by atomic mass is 16.3. The summed E-state index contributed by atoms with van der Waals surface area (Å²) in [4.78, 5) is 2.58. The molecule has 0 amide bonds. The third kappa shape index (κ3) is 3.72. The number of nitrogens with one attached hydrogen (secondary N) is 1. The first-order valence-corrected chi connectivity index (χ1v) is 6.60. The fourth-order valence-electron chi connectivity index (χ4n) is 2.78. The maximum absolute atomic E-state index is 9.14. The summed E-state index contributed by atoms with van der Waals surface area (Å²) in [5.74, 6) is 1.61. The summed E-state index contributed by atoms with van der Waals surface area (Å²) in [6, 6.07) is 0.937. The minimum absolute atomic E-state index is 0.240. The Labute approximate surface area is 100 Å². The van der Waals surface area contributed by atoms with Gasteiger partial charge < -0.3 is 15.3 Å². The molecule has 0 bridgehead atoms. The van der Waals surface area contributed by atoms with Crippen molar-refractivity contribution in [3.63, 3.8) is 0 Å². The summed E-state index contributed by atoms with van der Waals surface area (Å²) in [6.45, 7) is 9.59. The summed E-state index contributed by atoms with van der Waals surface area (Å²) < 4.78 is 0. The molecule has 1 heterocycles. The summed E-state index contributed by atoms with van der Waals surface area (Å²) in [7, 11) is 1.92. The maximum Gasteiger partial charge on any atom is 0.0585 e. The van der Waals surface area contributed by atoms with Gasteiger partial charge in [-0.15, -0.1) is 0 Å². The van der Waals surface area contributed by atoms with Crippen molar-refractivity contribution in [2.45, 2.75) is 45.7 Å². The number of piperidine rings is 1. The van der Waals surface area contributed by atoms with Crippen LogP contribution in [0.4, 0.5) is 0 Å². The number of aliphatic hydroxyl groups is 1. The minimum Gasteiger partial charge on any atom is -0.395 e. The van der Waals surface area contributed by atoms with Gasteiger partial charge in [0.15, 0.2) is 0 Å². The minimum atomic E-state index is 0.240. The first-order valence-electron chi connectivity index (χ1n) is 6.60. The lowest BCUT2D eigenvalue weighted by Crippen LogP contribution is -2.47. The molecule has 2 N–H and O–H groups in total. The smallest absolute Gasteiger partial charge is 0.0585 e. The van der Waals surface area contributed by atoms with Gasteiger partial charge in [-0.05, 0) is 38.6 Å². The van der Waals surface area contributed by atoms with Crippen LogP contribution in [0.25, 0.3) is 0 Å². The molecule has 0 saturated carbocycles. The monoisotopic (exact) mass is 228 g/mol. The molecular weight excluding hydrogens is 200 g/mol. The number of rotatable bonds is 5. The second-order valence-corrected chi connectivity index (χ2v) is 5.51. The molecule has 1 saturated heterocycles. The Morgan fingerprint density at radius 3 is 2.62 bits per heavy atom. The van der Waals surface area contributed by atoms with Crippen molar-refractivity contribution in [1.82, 2.24) is 10.2 Å². The molecule has 1 fully saturated rings. The second kappa shape index (κ2) is 6.58. The van der Waals surface area contributed by atoms with Crippen LogP contribution in [0.5, 0.6) is 0 Å². The Hall–Kier alpha value is -0.120. The van der Waals surface area contributed by atoms with Crippen LogP contribution >= 0.6 is 0 Å². The van der Waals surface area contributed by atoms with E-state index in [-0.39, 0.29) is 12.6 Å². The Kier molecular flexibility index (Phi) is 5.73. The first-order chi connectivity index (χ1) is 7.58. The van der Waals surface area contributed by atoms with E-state index >= 15 is 0 Å². The molecule has 0 aliphatic carbocycles. The van der Waals surface area contributed by atoms with Crippen molar-refractivity contribution in [3.8, 4) is 0 Å². The van der Waals surface area contributed by atoms with Crippen molar-refractivity contribution >= 4 is 0 Å². The van der Waals surface area contributed by atoms with Crippen LogP contribution in [-0.2, 0) is 0 Å². The van der Waals surface area contributed by atoms with Gasteiger partial charge in [0.05, 0.1) is 6.61 Å². The van der Waals surface area contributed by atoms with E-state index in [2.05, 4.69) is 31.0 Å². The number of likely N-dealkylation sites (N-methyl/N-ethyl adjacent to an activating group) is 1. The molecule has 3 nitrogen and oxygen atoms in total. The Bertz CT molecular complexity index is 194. The van der Waals surface area contributed by atoms with E-state index in [1.165, 1.54) is 13.0 Å². The molecule has 1 rings (SSSR count). The Balaban J connectivity index is 2.39. The molecule has 4 atom stereocenters. The Morgan fingerprint density at radius 1 is 1.38 bits per heavy atom. The van der Waals surface area contributed by atoms with Crippen LogP contribution in [0, 0.1) is 11.8 Å². The standard InChI is InChI=1S/C13H28N2O/c1-10-7-11(2)12(3)15(8-10)6-5-13(9-16)14-4/h10-14,16H,5-9H2,1-4H3. The van der Waals surface area contributed by atoms with Crippen LogP contribution in [-0.4, -0.2) is 48.8 Å². The van der Waals surface area contributed by atoms with E-state index in [1.807, 2.05) is 7.05 Å². The van der Waals surface area contributed by atoms with E-state index in [0.717, 1.165) is 24.8 Å². The van der Waals surface area contributed by atoms with E-state index in [4.69, 9.17) is 5.11 Å². The highest BCUT2D eigenvalue weighted by Crippen LogP contribution is 2.26. The lowest BCUT2D eigenvalue weighted by Gasteiger charge is -2.41. The Morgan fingerprint density at radius 2 is 2.06 bits per heavy atom. The van der Waals surface area contributed by atoms with Gasteiger partial charge >= 0.3 is 0 Å². The van der Waals surface area contributed by atoms with E-state index in [0.29, 0.717) is 6.04 Å². The van der Waals surface area contributed by atoms with Crippen molar-refractivity contribution in [2.75, 3.05) is 26.7 Å². The second-order valence-electron chi connectivity index (χ2n) is 5.51. The summed E-state index contributed by atoms with van der Waals surface area (Å²) in [5.41, 5.74) is 0. The fourth-order valence-corrected chi connectivity index (χ4v) is 2.78. The normalized spacial score (nSPS) is 33.9. The fraction of sp³-hybridized carbons (Fsp3) is 1.00. The van der Waals surface area contributed by atoms with E-state index < -0.39 is 0 Å². The maximum atomic E-state index is 9.14. The van der Waals surface area contributed by atoms with Gasteiger partial charge in [-0.25, -0.2) is 0 Å². The van der Waals surface area contributed by atoms with Crippen molar-refractivity contribution in [2.24, 2.45) is 11.8 Å². The lowest BCUT2D eigenvalue weighted by molar-refractivity contribution is 0.0733. The largest absolute Gasteiger partial charge is 0.395 e. The van der Waals surface area contributed by atoms with Crippen LogP contribution in [0.2, 0.25) is 0 Å². The molecular formula is C13H28N2O.